The van der Waals surface area contributed by atoms with Gasteiger partial charge in [-0.15, -0.1) is 0 Å². The van der Waals surface area contributed by atoms with Crippen molar-refractivity contribution in [1.29, 1.82) is 0 Å². The van der Waals surface area contributed by atoms with Crippen molar-refractivity contribution in [3.05, 3.63) is 34.9 Å². The van der Waals surface area contributed by atoms with E-state index < -0.39 is 5.97 Å². The molecule has 0 bridgehead atoms. The molecule has 0 amide bonds. The number of benzene rings is 1. The van der Waals surface area contributed by atoms with E-state index >= 15 is 0 Å². The molecule has 0 aliphatic heterocycles. The maximum absolute atomic E-state index is 10.7. The summed E-state index contributed by atoms with van der Waals surface area (Å²) in [5.74, 6) is -0.962. The molecule has 0 aromatic heterocycles. The molecular formula is C15H20ClNO2. The van der Waals surface area contributed by atoms with Crippen molar-refractivity contribution in [1.82, 2.24) is 0 Å². The highest BCUT2D eigenvalue weighted by Gasteiger charge is 2.14. The van der Waals surface area contributed by atoms with Gasteiger partial charge in [-0.25, -0.2) is 4.79 Å². The number of carboxylic acid groups (broad SMARTS) is 1. The van der Waals surface area contributed by atoms with Crippen molar-refractivity contribution in [3.8, 4) is 0 Å². The summed E-state index contributed by atoms with van der Waals surface area (Å²) >= 11 is 5.98. The van der Waals surface area contributed by atoms with Crippen molar-refractivity contribution in [2.75, 3.05) is 11.9 Å². The van der Waals surface area contributed by atoms with Crippen LogP contribution in [0.5, 0.6) is 0 Å². The third-order valence-corrected chi connectivity index (χ3v) is 3.50. The van der Waals surface area contributed by atoms with E-state index in [1.165, 1.54) is 0 Å². The first-order valence-corrected chi connectivity index (χ1v) is 6.80. The first kappa shape index (κ1) is 15.6. The SMILES string of the molecule is CCC(CC)N(C)c1ccc(Cl)cc1/C=C/C(=O)O. The topological polar surface area (TPSA) is 40.5 Å². The average molecular weight is 282 g/mol. The molecule has 0 aliphatic carbocycles. The lowest BCUT2D eigenvalue weighted by Crippen LogP contribution is -2.30. The van der Waals surface area contributed by atoms with E-state index in [-0.39, 0.29) is 0 Å². The number of carboxylic acids is 1. The maximum Gasteiger partial charge on any atom is 0.328 e. The van der Waals surface area contributed by atoms with Crippen LogP contribution in [0.15, 0.2) is 24.3 Å². The first-order valence-electron chi connectivity index (χ1n) is 6.43. The number of hydrogen-bond donors (Lipinski definition) is 1. The minimum absolute atomic E-state index is 0.429. The first-order chi connectivity index (χ1) is 8.99. The Bertz CT molecular complexity index is 467. The molecule has 0 radical (unpaired) electrons. The predicted octanol–water partition coefficient (Wildman–Crippen LogP) is 4.06. The van der Waals surface area contributed by atoms with Crippen LogP contribution in [0.2, 0.25) is 5.02 Å². The highest BCUT2D eigenvalue weighted by molar-refractivity contribution is 6.30. The van der Waals surface area contributed by atoms with Gasteiger partial charge in [0.2, 0.25) is 0 Å². The number of rotatable bonds is 6. The molecule has 1 rings (SSSR count). The van der Waals surface area contributed by atoms with Gasteiger partial charge in [0.05, 0.1) is 0 Å². The molecule has 1 aromatic rings. The van der Waals surface area contributed by atoms with Crippen LogP contribution < -0.4 is 4.90 Å². The molecule has 0 atom stereocenters. The van der Waals surface area contributed by atoms with E-state index in [0.717, 1.165) is 30.2 Å². The lowest BCUT2D eigenvalue weighted by atomic mass is 10.1. The summed E-state index contributed by atoms with van der Waals surface area (Å²) in [6.45, 7) is 4.29. The van der Waals surface area contributed by atoms with Crippen molar-refractivity contribution in [3.63, 3.8) is 0 Å². The Hall–Kier alpha value is -1.48. The molecule has 0 fully saturated rings. The Morgan fingerprint density at radius 1 is 1.42 bits per heavy atom. The van der Waals surface area contributed by atoms with E-state index in [9.17, 15) is 4.79 Å². The van der Waals surface area contributed by atoms with Gasteiger partial charge in [0.25, 0.3) is 0 Å². The lowest BCUT2D eigenvalue weighted by Gasteiger charge is -2.30. The van der Waals surface area contributed by atoms with Crippen molar-refractivity contribution in [2.24, 2.45) is 0 Å². The largest absolute Gasteiger partial charge is 0.478 e. The van der Waals surface area contributed by atoms with Crippen molar-refractivity contribution >= 4 is 29.3 Å². The third kappa shape index (κ3) is 4.28. The minimum Gasteiger partial charge on any atom is -0.478 e. The monoisotopic (exact) mass is 281 g/mol. The van der Waals surface area contributed by atoms with Crippen molar-refractivity contribution < 1.29 is 9.90 Å². The second kappa shape index (κ2) is 7.19. The Labute approximate surface area is 119 Å². The summed E-state index contributed by atoms with van der Waals surface area (Å²) in [6, 6.07) is 5.98. The molecule has 1 N–H and O–H groups in total. The van der Waals surface area contributed by atoms with Crippen LogP contribution in [0.1, 0.15) is 32.3 Å². The smallest absolute Gasteiger partial charge is 0.328 e. The molecule has 0 heterocycles. The van der Waals surface area contributed by atoms with E-state index in [1.807, 2.05) is 19.2 Å². The number of halogens is 1. The Balaban J connectivity index is 3.15. The average Bonchev–Trinajstić information content (AvgIpc) is 2.37. The molecule has 3 nitrogen and oxygen atoms in total. The van der Waals surface area contributed by atoms with Gasteiger partial charge in [0.1, 0.15) is 0 Å². The van der Waals surface area contributed by atoms with Gasteiger partial charge >= 0.3 is 5.97 Å². The van der Waals surface area contributed by atoms with E-state index in [4.69, 9.17) is 16.7 Å². The van der Waals surface area contributed by atoms with Gasteiger partial charge in [0.15, 0.2) is 0 Å². The Kier molecular flexibility index (Phi) is 5.90. The quantitative estimate of drug-likeness (QED) is 0.799. The summed E-state index contributed by atoms with van der Waals surface area (Å²) in [4.78, 5) is 12.8. The van der Waals surface area contributed by atoms with E-state index in [1.54, 1.807) is 12.1 Å². The fraction of sp³-hybridized carbons (Fsp3) is 0.400. The van der Waals surface area contributed by atoms with Crippen LogP contribution >= 0.6 is 11.6 Å². The van der Waals surface area contributed by atoms with Gasteiger partial charge in [-0.05, 0) is 42.7 Å². The summed E-state index contributed by atoms with van der Waals surface area (Å²) < 4.78 is 0. The van der Waals surface area contributed by atoms with Gasteiger partial charge in [-0.3, -0.25) is 0 Å². The predicted molar refractivity (Wildman–Crippen MR) is 80.9 cm³/mol. The van der Waals surface area contributed by atoms with Crippen LogP contribution in [0, 0.1) is 0 Å². The molecule has 0 saturated heterocycles. The van der Waals surface area contributed by atoms with Crippen LogP contribution in [-0.4, -0.2) is 24.2 Å². The Morgan fingerprint density at radius 2 is 2.05 bits per heavy atom. The van der Waals surface area contributed by atoms with E-state index in [2.05, 4.69) is 18.7 Å². The summed E-state index contributed by atoms with van der Waals surface area (Å²) in [5.41, 5.74) is 1.82. The highest BCUT2D eigenvalue weighted by atomic mass is 35.5. The minimum atomic E-state index is -0.962. The zero-order valence-electron chi connectivity index (χ0n) is 11.6. The normalized spacial score (nSPS) is 11.2. The van der Waals surface area contributed by atoms with Crippen LogP contribution in [0.25, 0.3) is 6.08 Å². The third-order valence-electron chi connectivity index (χ3n) is 3.27. The summed E-state index contributed by atoms with van der Waals surface area (Å²) in [6.07, 6.45) is 4.80. The van der Waals surface area contributed by atoms with Crippen LogP contribution in [0.3, 0.4) is 0 Å². The summed E-state index contributed by atoms with van der Waals surface area (Å²) in [7, 11) is 2.03. The van der Waals surface area contributed by atoms with Gasteiger partial charge in [0, 0.05) is 29.9 Å². The molecule has 104 valence electrons. The standard InChI is InChI=1S/C15H20ClNO2/c1-4-13(5-2)17(3)14-8-7-12(16)10-11(14)6-9-15(18)19/h6-10,13H,4-5H2,1-3H3,(H,18,19)/b9-6+. The molecule has 0 aliphatic rings. The second-order valence-corrected chi connectivity index (χ2v) is 4.89. The van der Waals surface area contributed by atoms with Crippen LogP contribution in [-0.2, 0) is 4.79 Å². The second-order valence-electron chi connectivity index (χ2n) is 4.46. The number of hydrogen-bond acceptors (Lipinski definition) is 2. The van der Waals surface area contributed by atoms with Gasteiger partial charge in [-0.1, -0.05) is 25.4 Å². The molecule has 0 unspecified atom stereocenters. The highest BCUT2D eigenvalue weighted by Crippen LogP contribution is 2.27. The zero-order valence-corrected chi connectivity index (χ0v) is 12.3. The van der Waals surface area contributed by atoms with Crippen LogP contribution in [0.4, 0.5) is 5.69 Å². The van der Waals surface area contributed by atoms with Crippen molar-refractivity contribution in [2.45, 2.75) is 32.7 Å². The lowest BCUT2D eigenvalue weighted by molar-refractivity contribution is -0.131. The zero-order chi connectivity index (χ0) is 14.4. The molecule has 0 spiro atoms. The summed E-state index contributed by atoms with van der Waals surface area (Å²) in [5, 5.41) is 9.35. The Morgan fingerprint density at radius 3 is 2.58 bits per heavy atom. The molecular weight excluding hydrogens is 262 g/mol. The van der Waals surface area contributed by atoms with E-state index in [0.29, 0.717) is 11.1 Å². The fourth-order valence-corrected chi connectivity index (χ4v) is 2.35. The fourth-order valence-electron chi connectivity index (χ4n) is 2.17. The maximum atomic E-state index is 10.7. The molecule has 0 saturated carbocycles. The molecule has 19 heavy (non-hydrogen) atoms. The van der Waals surface area contributed by atoms with Gasteiger partial charge < -0.3 is 10.0 Å². The molecule has 1 aromatic carbocycles. The number of anilines is 1. The number of aliphatic carboxylic acids is 1. The van der Waals surface area contributed by atoms with Gasteiger partial charge in [-0.2, -0.15) is 0 Å². The number of carbonyl (C=O) groups is 1. The number of nitrogens with zero attached hydrogens (tertiary/aromatic N) is 1. The molecule has 4 heteroatoms.